The van der Waals surface area contributed by atoms with E-state index < -0.39 is 5.82 Å². The summed E-state index contributed by atoms with van der Waals surface area (Å²) in [5.41, 5.74) is 4.30. The molecule has 5 aromatic rings. The van der Waals surface area contributed by atoms with Crippen LogP contribution in [0.2, 0.25) is 5.02 Å². The monoisotopic (exact) mass is 460 g/mol. The van der Waals surface area contributed by atoms with Crippen LogP contribution >= 0.6 is 11.6 Å². The second-order valence-corrected chi connectivity index (χ2v) is 8.52. The summed E-state index contributed by atoms with van der Waals surface area (Å²) in [6.45, 7) is 6.37. The zero-order chi connectivity index (χ0) is 23.3. The number of furan rings is 1. The van der Waals surface area contributed by atoms with Crippen LogP contribution in [0.1, 0.15) is 18.1 Å². The molecule has 2 aromatic heterocycles. The maximum atomic E-state index is 15.2. The van der Waals surface area contributed by atoms with Crippen LogP contribution in [0, 0.1) is 19.7 Å². The highest BCUT2D eigenvalue weighted by atomic mass is 35.5. The first-order chi connectivity index (χ1) is 15.9. The zero-order valence-electron chi connectivity index (χ0n) is 18.5. The molecule has 1 N–H and O–H groups in total. The summed E-state index contributed by atoms with van der Waals surface area (Å²) in [7, 11) is 0. The van der Waals surface area contributed by atoms with Gasteiger partial charge in [-0.3, -0.25) is 4.79 Å². The highest BCUT2D eigenvalue weighted by Gasteiger charge is 2.26. The molecule has 166 valence electrons. The Bertz CT molecular complexity index is 1580. The number of hydrogen-bond acceptors (Lipinski definition) is 3. The Morgan fingerprint density at radius 3 is 2.55 bits per heavy atom. The van der Waals surface area contributed by atoms with Gasteiger partial charge in [0.05, 0.1) is 21.5 Å². The average Bonchev–Trinajstić information content (AvgIpc) is 3.15. The zero-order valence-corrected chi connectivity index (χ0v) is 19.3. The minimum absolute atomic E-state index is 0.139. The van der Waals surface area contributed by atoms with Crippen molar-refractivity contribution in [2.75, 3.05) is 5.32 Å². The number of hydrogen-bond donors (Lipinski definition) is 1. The molecule has 0 unspecified atom stereocenters. The van der Waals surface area contributed by atoms with Gasteiger partial charge in [-0.1, -0.05) is 47.5 Å². The quantitative estimate of drug-likeness (QED) is 0.300. The largest absolute Gasteiger partial charge is 0.439 e. The molecule has 0 aliphatic heterocycles. The predicted molar refractivity (Wildman–Crippen MR) is 133 cm³/mol. The van der Waals surface area contributed by atoms with Crippen molar-refractivity contribution in [1.82, 2.24) is 4.57 Å². The number of aromatic nitrogens is 1. The van der Waals surface area contributed by atoms with Crippen molar-refractivity contribution < 1.29 is 8.81 Å². The van der Waals surface area contributed by atoms with E-state index in [-0.39, 0.29) is 22.0 Å². The maximum Gasteiger partial charge on any atom is 0.262 e. The normalized spacial score (nSPS) is 11.4. The minimum Gasteiger partial charge on any atom is -0.439 e. The van der Waals surface area contributed by atoms with E-state index in [1.807, 2.05) is 63.2 Å². The molecule has 0 spiro atoms. The van der Waals surface area contributed by atoms with Gasteiger partial charge in [0.25, 0.3) is 5.56 Å². The van der Waals surface area contributed by atoms with Crippen LogP contribution in [0.25, 0.3) is 33.0 Å². The summed E-state index contributed by atoms with van der Waals surface area (Å²) in [6.07, 6.45) is 0. The lowest BCUT2D eigenvalue weighted by Gasteiger charge is -2.12. The third kappa shape index (κ3) is 3.40. The van der Waals surface area contributed by atoms with Crippen LogP contribution in [0.15, 0.2) is 69.9 Å². The van der Waals surface area contributed by atoms with Crippen molar-refractivity contribution >= 4 is 45.0 Å². The molecule has 0 amide bonds. The first-order valence-electron chi connectivity index (χ1n) is 10.8. The summed E-state index contributed by atoms with van der Waals surface area (Å²) >= 11 is 6.47. The first-order valence-corrected chi connectivity index (χ1v) is 11.1. The van der Waals surface area contributed by atoms with E-state index in [1.54, 1.807) is 16.7 Å². The number of pyridine rings is 1. The molecule has 5 rings (SSSR count). The fourth-order valence-electron chi connectivity index (χ4n) is 4.42. The topological polar surface area (TPSA) is 47.2 Å². The van der Waals surface area contributed by atoms with E-state index in [4.69, 9.17) is 16.0 Å². The van der Waals surface area contributed by atoms with E-state index >= 15 is 4.39 Å². The van der Waals surface area contributed by atoms with Gasteiger partial charge in [0.1, 0.15) is 5.82 Å². The van der Waals surface area contributed by atoms with Crippen molar-refractivity contribution in [2.24, 2.45) is 0 Å². The predicted octanol–water partition coefficient (Wildman–Crippen LogP) is 7.59. The number of benzene rings is 3. The van der Waals surface area contributed by atoms with Gasteiger partial charge in [-0.05, 0) is 56.7 Å². The van der Waals surface area contributed by atoms with Crippen LogP contribution in [0.4, 0.5) is 16.0 Å². The van der Waals surface area contributed by atoms with Gasteiger partial charge in [-0.25, -0.2) is 4.39 Å². The Balaban J connectivity index is 1.93. The van der Waals surface area contributed by atoms with E-state index in [0.29, 0.717) is 23.1 Å². The van der Waals surface area contributed by atoms with Gasteiger partial charge >= 0.3 is 0 Å². The Morgan fingerprint density at radius 1 is 1.03 bits per heavy atom. The van der Waals surface area contributed by atoms with E-state index in [9.17, 15) is 4.79 Å². The van der Waals surface area contributed by atoms with Crippen LogP contribution in [0.5, 0.6) is 0 Å². The smallest absolute Gasteiger partial charge is 0.262 e. The van der Waals surface area contributed by atoms with Crippen LogP contribution in [-0.2, 0) is 6.54 Å². The molecule has 0 atom stereocenters. The molecule has 0 bridgehead atoms. The molecule has 6 heteroatoms. The number of nitrogens with one attached hydrogen (secondary N) is 1. The van der Waals surface area contributed by atoms with Crippen molar-refractivity contribution in [2.45, 2.75) is 27.3 Å². The first kappa shape index (κ1) is 21.3. The van der Waals surface area contributed by atoms with Gasteiger partial charge in [-0.15, -0.1) is 0 Å². The molecule has 0 aliphatic rings. The number of aryl methyl sites for hydroxylation is 3. The Kier molecular flexibility index (Phi) is 5.22. The average molecular weight is 461 g/mol. The van der Waals surface area contributed by atoms with Crippen molar-refractivity contribution in [3.8, 4) is 11.1 Å². The number of rotatable bonds is 4. The van der Waals surface area contributed by atoms with Crippen LogP contribution in [-0.4, -0.2) is 4.57 Å². The second kappa shape index (κ2) is 8.09. The highest BCUT2D eigenvalue weighted by molar-refractivity contribution is 6.34. The van der Waals surface area contributed by atoms with E-state index in [2.05, 4.69) is 5.32 Å². The summed E-state index contributed by atoms with van der Waals surface area (Å²) in [4.78, 5) is 13.7. The molecular weight excluding hydrogens is 439 g/mol. The summed E-state index contributed by atoms with van der Waals surface area (Å²) in [6, 6.07) is 18.0. The van der Waals surface area contributed by atoms with Crippen LogP contribution < -0.4 is 10.9 Å². The van der Waals surface area contributed by atoms with Crippen molar-refractivity contribution in [3.05, 3.63) is 93.0 Å². The summed E-state index contributed by atoms with van der Waals surface area (Å²) < 4.78 is 23.1. The molecule has 0 saturated carbocycles. The Hall–Kier alpha value is -3.57. The Labute approximate surface area is 195 Å². The fraction of sp³-hybridized carbons (Fsp3) is 0.148. The second-order valence-electron chi connectivity index (χ2n) is 8.12. The molecule has 33 heavy (non-hydrogen) atoms. The minimum atomic E-state index is -0.524. The number of nitrogens with zero attached hydrogens (tertiary/aromatic N) is 1. The molecule has 4 nitrogen and oxygen atoms in total. The lowest BCUT2D eigenvalue weighted by atomic mass is 10.0. The third-order valence-electron chi connectivity index (χ3n) is 5.97. The van der Waals surface area contributed by atoms with Gasteiger partial charge in [0, 0.05) is 23.2 Å². The number of fused-ring (bicyclic) bond motifs is 3. The van der Waals surface area contributed by atoms with Gasteiger partial charge < -0.3 is 14.3 Å². The number of anilines is 2. The summed E-state index contributed by atoms with van der Waals surface area (Å²) in [5.74, 6) is -0.246. The van der Waals surface area contributed by atoms with Crippen molar-refractivity contribution in [1.29, 1.82) is 0 Å². The molecule has 2 heterocycles. The molecular formula is C27H22ClFN2O2. The number of para-hydroxylation sites is 1. The van der Waals surface area contributed by atoms with E-state index in [0.717, 1.165) is 27.7 Å². The highest BCUT2D eigenvalue weighted by Crippen LogP contribution is 2.44. The van der Waals surface area contributed by atoms with Gasteiger partial charge in [-0.2, -0.15) is 0 Å². The SMILES string of the molecule is CCn1c(=O)c2c(-c3c(F)cccc3Cl)c(Nc3ccc(C)cc3C)oc2c2ccccc21. The summed E-state index contributed by atoms with van der Waals surface area (Å²) in [5, 5.41) is 4.58. The van der Waals surface area contributed by atoms with Gasteiger partial charge in [0.15, 0.2) is 5.58 Å². The lowest BCUT2D eigenvalue weighted by molar-refractivity contribution is 0.626. The standard InChI is InChI=1S/C27H22ClFN2O2/c1-4-31-21-11-6-5-8-17(21)25-24(27(31)32)23(22-18(28)9-7-10-19(22)29)26(33-25)30-20-13-12-15(2)14-16(20)3/h5-14,30H,4H2,1-3H3. The third-order valence-corrected chi connectivity index (χ3v) is 6.28. The molecule has 0 fully saturated rings. The lowest BCUT2D eigenvalue weighted by Crippen LogP contribution is -2.19. The number of halogens is 2. The molecule has 3 aromatic carbocycles. The van der Waals surface area contributed by atoms with Gasteiger partial charge in [0.2, 0.25) is 5.88 Å². The maximum absolute atomic E-state index is 15.2. The van der Waals surface area contributed by atoms with E-state index in [1.165, 1.54) is 6.07 Å². The molecule has 0 aliphatic carbocycles. The molecule has 0 radical (unpaired) electrons. The Morgan fingerprint density at radius 2 is 1.82 bits per heavy atom. The fourth-order valence-corrected chi connectivity index (χ4v) is 4.68. The van der Waals surface area contributed by atoms with Crippen molar-refractivity contribution in [3.63, 3.8) is 0 Å². The molecule has 0 saturated heterocycles. The van der Waals surface area contributed by atoms with Crippen LogP contribution in [0.3, 0.4) is 0 Å².